The van der Waals surface area contributed by atoms with Crippen LogP contribution in [0.2, 0.25) is 0 Å². The van der Waals surface area contributed by atoms with E-state index in [1.807, 2.05) is 85.7 Å². The summed E-state index contributed by atoms with van der Waals surface area (Å²) in [4.78, 5) is 68.8. The molecule has 10 heteroatoms. The van der Waals surface area contributed by atoms with Crippen LogP contribution in [-0.2, 0) is 30.4 Å². The molecule has 9 atom stereocenters. The van der Waals surface area contributed by atoms with Gasteiger partial charge in [0.2, 0.25) is 29.5 Å². The van der Waals surface area contributed by atoms with Crippen LogP contribution in [0.3, 0.4) is 0 Å². The third-order valence-electron chi connectivity index (χ3n) is 9.09. The van der Waals surface area contributed by atoms with Crippen LogP contribution in [0.25, 0.3) is 0 Å². The first kappa shape index (κ1) is 35.8. The normalized spacial score (nSPS) is 27.2. The van der Waals surface area contributed by atoms with E-state index in [9.17, 15) is 24.0 Å². The molecule has 10 nitrogen and oxygen atoms in total. The van der Waals surface area contributed by atoms with Crippen LogP contribution in [0, 0.1) is 23.7 Å². The third-order valence-corrected chi connectivity index (χ3v) is 9.09. The monoisotopic (exact) mass is 599 g/mol. The van der Waals surface area contributed by atoms with Crippen molar-refractivity contribution in [2.75, 3.05) is 0 Å². The maximum Gasteiger partial charge on any atom is 0.243 e. The molecule has 0 saturated carbocycles. The molecule has 1 heterocycles. The standard InChI is InChI=1S/C33H53N5O5/c1-9-19(5)25-30(40)34-24(18-23-16-14-13-15-17-23)29(39)35-26(20(6)10-2)31(41)37-28(22(8)12-4)33(43)38-27(21(7)11-3)32(42)36-25/h13-17,19-22,24-28H,9-12,18H2,1-8H3,(H,34,40)(H,35,39)(H,36,42)(H,37,41)(H,38,43)/t19-,20-,21-,22-,24-,25-,26-,27-,28-/m0/s1. The zero-order valence-electron chi connectivity index (χ0n) is 27.2. The highest BCUT2D eigenvalue weighted by atomic mass is 16.2. The molecule has 0 bridgehead atoms. The minimum Gasteiger partial charge on any atom is -0.342 e. The molecule has 1 saturated heterocycles. The largest absolute Gasteiger partial charge is 0.342 e. The number of hydrogen-bond acceptors (Lipinski definition) is 5. The van der Waals surface area contributed by atoms with Gasteiger partial charge in [-0.1, -0.05) is 111 Å². The van der Waals surface area contributed by atoms with Gasteiger partial charge in [0, 0.05) is 6.42 Å². The highest BCUT2D eigenvalue weighted by molar-refractivity contribution is 5.98. The van der Waals surface area contributed by atoms with Crippen molar-refractivity contribution >= 4 is 29.5 Å². The second kappa shape index (κ2) is 17.0. The zero-order valence-corrected chi connectivity index (χ0v) is 27.2. The Labute approximate surface area is 257 Å². The van der Waals surface area contributed by atoms with Gasteiger partial charge in [-0.25, -0.2) is 0 Å². The Kier molecular flexibility index (Phi) is 14.1. The molecule has 1 aromatic carbocycles. The highest BCUT2D eigenvalue weighted by Crippen LogP contribution is 2.17. The van der Waals surface area contributed by atoms with Gasteiger partial charge in [-0.05, 0) is 29.2 Å². The van der Waals surface area contributed by atoms with E-state index in [1.165, 1.54) is 0 Å². The molecule has 0 aromatic heterocycles. The summed E-state index contributed by atoms with van der Waals surface area (Å²) in [5.74, 6) is -3.42. The van der Waals surface area contributed by atoms with Crippen LogP contribution < -0.4 is 26.6 Å². The van der Waals surface area contributed by atoms with E-state index >= 15 is 0 Å². The van der Waals surface area contributed by atoms with Crippen LogP contribution in [-0.4, -0.2) is 59.7 Å². The fourth-order valence-corrected chi connectivity index (χ4v) is 5.11. The lowest BCUT2D eigenvalue weighted by atomic mass is 9.93. The van der Waals surface area contributed by atoms with Gasteiger partial charge in [-0.3, -0.25) is 24.0 Å². The van der Waals surface area contributed by atoms with Crippen molar-refractivity contribution in [3.8, 4) is 0 Å². The van der Waals surface area contributed by atoms with Crippen molar-refractivity contribution in [3.63, 3.8) is 0 Å². The van der Waals surface area contributed by atoms with Gasteiger partial charge in [0.25, 0.3) is 0 Å². The molecule has 5 amide bonds. The SMILES string of the molecule is CC[C@H](C)[C@@H]1NC(=O)[C@H](Cc2ccccc2)NC(=O)[C@H]([C@@H](C)CC)NC(=O)[C@H]([C@@H](C)CC)NC(=O)[C@H]([C@@H](C)CC)NC1=O. The molecular weight excluding hydrogens is 546 g/mol. The Hall–Kier alpha value is -3.43. The van der Waals surface area contributed by atoms with Crippen LogP contribution in [0.1, 0.15) is 86.6 Å². The average Bonchev–Trinajstić information content (AvgIpc) is 3.01. The quantitative estimate of drug-likeness (QED) is 0.281. The molecule has 0 unspecified atom stereocenters. The molecule has 5 N–H and O–H groups in total. The minimum absolute atomic E-state index is 0.194. The third kappa shape index (κ3) is 9.79. The lowest BCUT2D eigenvalue weighted by Gasteiger charge is -2.31. The minimum atomic E-state index is -1.00. The van der Waals surface area contributed by atoms with Gasteiger partial charge in [-0.15, -0.1) is 0 Å². The molecule has 1 aromatic rings. The summed E-state index contributed by atoms with van der Waals surface area (Å²) < 4.78 is 0. The molecule has 240 valence electrons. The summed E-state index contributed by atoms with van der Waals surface area (Å²) in [7, 11) is 0. The average molecular weight is 600 g/mol. The molecule has 1 aliphatic heterocycles. The Morgan fingerprint density at radius 2 is 0.791 bits per heavy atom. The molecular formula is C33H53N5O5. The smallest absolute Gasteiger partial charge is 0.243 e. The molecule has 1 aliphatic rings. The van der Waals surface area contributed by atoms with Crippen molar-refractivity contribution in [2.24, 2.45) is 23.7 Å². The van der Waals surface area contributed by atoms with E-state index in [2.05, 4.69) is 26.6 Å². The molecule has 0 radical (unpaired) electrons. The maximum absolute atomic E-state index is 13.8. The highest BCUT2D eigenvalue weighted by Gasteiger charge is 2.38. The number of amides is 5. The van der Waals surface area contributed by atoms with Crippen LogP contribution in [0.15, 0.2) is 30.3 Å². The first-order valence-corrected chi connectivity index (χ1v) is 15.9. The topological polar surface area (TPSA) is 146 Å². The Bertz CT molecular complexity index is 1080. The summed E-state index contributed by atoms with van der Waals surface area (Å²) in [5, 5.41) is 14.4. The molecule has 0 aliphatic carbocycles. The van der Waals surface area contributed by atoms with Gasteiger partial charge in [0.05, 0.1) is 0 Å². The first-order chi connectivity index (χ1) is 20.4. The van der Waals surface area contributed by atoms with Crippen molar-refractivity contribution < 1.29 is 24.0 Å². The fourth-order valence-electron chi connectivity index (χ4n) is 5.11. The van der Waals surface area contributed by atoms with E-state index in [1.54, 1.807) is 0 Å². The second-order valence-electron chi connectivity index (χ2n) is 12.2. The molecule has 2 rings (SSSR count). The molecule has 43 heavy (non-hydrogen) atoms. The molecule has 0 spiro atoms. The van der Waals surface area contributed by atoms with E-state index in [0.29, 0.717) is 25.7 Å². The number of rotatable bonds is 10. The summed E-state index contributed by atoms with van der Waals surface area (Å²) in [5.41, 5.74) is 0.831. The van der Waals surface area contributed by atoms with Crippen LogP contribution in [0.4, 0.5) is 0 Å². The summed E-state index contributed by atoms with van der Waals surface area (Å²) in [6.07, 6.45) is 2.59. The number of nitrogens with one attached hydrogen (secondary N) is 5. The van der Waals surface area contributed by atoms with Crippen molar-refractivity contribution in [2.45, 2.75) is 118 Å². The predicted octanol–water partition coefficient (Wildman–Crippen LogP) is 2.85. The van der Waals surface area contributed by atoms with E-state index in [4.69, 9.17) is 0 Å². The first-order valence-electron chi connectivity index (χ1n) is 15.9. The lowest BCUT2D eigenvalue weighted by Crippen LogP contribution is -2.61. The number of benzene rings is 1. The van der Waals surface area contributed by atoms with Gasteiger partial charge >= 0.3 is 0 Å². The number of carbonyl (C=O) groups is 5. The second-order valence-corrected chi connectivity index (χ2v) is 12.2. The lowest BCUT2D eigenvalue weighted by molar-refractivity contribution is -0.136. The Morgan fingerprint density at radius 1 is 0.488 bits per heavy atom. The maximum atomic E-state index is 13.8. The Morgan fingerprint density at radius 3 is 1.12 bits per heavy atom. The van der Waals surface area contributed by atoms with Gasteiger partial charge in [0.1, 0.15) is 30.2 Å². The predicted molar refractivity (Wildman–Crippen MR) is 168 cm³/mol. The van der Waals surface area contributed by atoms with Crippen molar-refractivity contribution in [1.82, 2.24) is 26.6 Å². The van der Waals surface area contributed by atoms with Gasteiger partial charge in [0.15, 0.2) is 0 Å². The summed E-state index contributed by atoms with van der Waals surface area (Å²) >= 11 is 0. The van der Waals surface area contributed by atoms with Crippen molar-refractivity contribution in [3.05, 3.63) is 35.9 Å². The number of carbonyl (C=O) groups excluding carboxylic acids is 5. The van der Waals surface area contributed by atoms with E-state index < -0.39 is 59.7 Å². The summed E-state index contributed by atoms with van der Waals surface area (Å²) in [6, 6.07) is 4.59. The van der Waals surface area contributed by atoms with Crippen LogP contribution in [0.5, 0.6) is 0 Å². The van der Waals surface area contributed by atoms with Crippen molar-refractivity contribution in [1.29, 1.82) is 0 Å². The van der Waals surface area contributed by atoms with Crippen LogP contribution >= 0.6 is 0 Å². The molecule has 1 fully saturated rings. The van der Waals surface area contributed by atoms with E-state index in [0.717, 1.165) is 5.56 Å². The van der Waals surface area contributed by atoms with Gasteiger partial charge < -0.3 is 26.6 Å². The fraction of sp³-hybridized carbons (Fsp3) is 0.667. The number of hydrogen-bond donors (Lipinski definition) is 5. The zero-order chi connectivity index (χ0) is 32.3. The Balaban J connectivity index is 2.66. The summed E-state index contributed by atoms with van der Waals surface area (Å²) in [6.45, 7) is 15.2. The van der Waals surface area contributed by atoms with E-state index in [-0.39, 0.29) is 30.1 Å². The van der Waals surface area contributed by atoms with Gasteiger partial charge in [-0.2, -0.15) is 0 Å².